The molecule has 6 nitrogen and oxygen atoms in total. The normalized spacial score (nSPS) is 19.3. The number of phenolic OH excluding ortho intramolecular Hbond substituents is 1. The van der Waals surface area contributed by atoms with Gasteiger partial charge in [0.2, 0.25) is 11.8 Å². The van der Waals surface area contributed by atoms with Gasteiger partial charge in [-0.05, 0) is 55.3 Å². The zero-order chi connectivity index (χ0) is 19.7. The van der Waals surface area contributed by atoms with Crippen molar-refractivity contribution in [2.24, 2.45) is 5.92 Å². The van der Waals surface area contributed by atoms with E-state index < -0.39 is 5.92 Å². The summed E-state index contributed by atoms with van der Waals surface area (Å²) in [6.07, 6.45) is 2.57. The van der Waals surface area contributed by atoms with Crippen LogP contribution in [0.5, 0.6) is 5.75 Å². The quantitative estimate of drug-likeness (QED) is 0.770. The average molecular weight is 400 g/mol. The third-order valence-corrected chi connectivity index (χ3v) is 5.58. The number of hydrogen-bond donors (Lipinski definition) is 2. The first-order chi connectivity index (χ1) is 13.5. The van der Waals surface area contributed by atoms with Crippen molar-refractivity contribution < 1.29 is 14.7 Å². The summed E-state index contributed by atoms with van der Waals surface area (Å²) in [5, 5.41) is 13.0. The number of aromatic hydroxyl groups is 1. The van der Waals surface area contributed by atoms with Crippen LogP contribution in [0.2, 0.25) is 5.02 Å². The lowest BCUT2D eigenvalue weighted by Gasteiger charge is -2.20. The molecule has 1 unspecified atom stereocenters. The van der Waals surface area contributed by atoms with Gasteiger partial charge in [0, 0.05) is 42.5 Å². The van der Waals surface area contributed by atoms with Crippen LogP contribution in [0.25, 0.3) is 0 Å². The van der Waals surface area contributed by atoms with Crippen LogP contribution < -0.4 is 15.1 Å². The van der Waals surface area contributed by atoms with Crippen LogP contribution in [0.15, 0.2) is 42.5 Å². The van der Waals surface area contributed by atoms with Gasteiger partial charge in [0.25, 0.3) is 0 Å². The zero-order valence-electron chi connectivity index (χ0n) is 15.4. The SMILES string of the molecule is O=C(Nc1cc(Cl)ccc1O)C1CC(=O)N(c2ccc(N3CCCC3)cc2)C1. The number of amides is 2. The minimum absolute atomic E-state index is 0.0589. The maximum absolute atomic E-state index is 12.6. The molecular formula is C21H22ClN3O3. The number of phenols is 1. The second-order valence-corrected chi connectivity index (χ2v) is 7.70. The van der Waals surface area contributed by atoms with Crippen LogP contribution in [-0.4, -0.2) is 36.6 Å². The number of nitrogens with one attached hydrogen (secondary N) is 1. The molecule has 0 saturated carbocycles. The highest BCUT2D eigenvalue weighted by Gasteiger charge is 2.35. The Kier molecular flexibility index (Phi) is 5.13. The largest absolute Gasteiger partial charge is 0.506 e. The molecule has 0 spiro atoms. The Morgan fingerprint density at radius 1 is 1.07 bits per heavy atom. The standard InChI is InChI=1S/C21H22ClN3O3/c22-15-3-8-19(26)18(12-15)23-21(28)14-11-20(27)25(13-14)17-6-4-16(5-7-17)24-9-1-2-10-24/h3-8,12,14,26H,1-2,9-11,13H2,(H,23,28). The molecule has 1 atom stereocenters. The predicted octanol–water partition coefficient (Wildman–Crippen LogP) is 3.64. The molecule has 2 fully saturated rings. The minimum atomic E-state index is -0.482. The summed E-state index contributed by atoms with van der Waals surface area (Å²) in [5.41, 5.74) is 2.21. The van der Waals surface area contributed by atoms with Crippen LogP contribution in [0.4, 0.5) is 17.1 Å². The lowest BCUT2D eigenvalue weighted by molar-refractivity contribution is -0.122. The van der Waals surface area contributed by atoms with Crippen LogP contribution >= 0.6 is 11.6 Å². The number of rotatable bonds is 4. The molecule has 2 N–H and O–H groups in total. The fourth-order valence-corrected chi connectivity index (χ4v) is 3.97. The third-order valence-electron chi connectivity index (χ3n) is 5.34. The Hall–Kier alpha value is -2.73. The van der Waals surface area contributed by atoms with Gasteiger partial charge < -0.3 is 20.2 Å². The smallest absolute Gasteiger partial charge is 0.229 e. The maximum Gasteiger partial charge on any atom is 0.229 e. The summed E-state index contributed by atoms with van der Waals surface area (Å²) >= 11 is 5.92. The molecule has 2 saturated heterocycles. The van der Waals surface area contributed by atoms with Crippen LogP contribution in [0.3, 0.4) is 0 Å². The molecule has 2 amide bonds. The molecule has 0 bridgehead atoms. The van der Waals surface area contributed by atoms with Gasteiger partial charge in [-0.1, -0.05) is 11.6 Å². The number of benzene rings is 2. The third kappa shape index (κ3) is 3.78. The molecule has 0 aromatic heterocycles. The number of carbonyl (C=O) groups excluding carboxylic acids is 2. The van der Waals surface area contributed by atoms with Crippen molar-refractivity contribution in [2.75, 3.05) is 34.8 Å². The summed E-state index contributed by atoms with van der Waals surface area (Å²) in [6.45, 7) is 2.45. The van der Waals surface area contributed by atoms with Crippen molar-refractivity contribution in [3.63, 3.8) is 0 Å². The van der Waals surface area contributed by atoms with Gasteiger partial charge in [0.15, 0.2) is 0 Å². The Labute approximate surface area is 168 Å². The number of halogens is 1. The van der Waals surface area contributed by atoms with E-state index in [0.717, 1.165) is 18.8 Å². The molecule has 2 aromatic carbocycles. The van der Waals surface area contributed by atoms with Gasteiger partial charge in [-0.25, -0.2) is 0 Å². The van der Waals surface area contributed by atoms with E-state index in [4.69, 9.17) is 11.6 Å². The summed E-state index contributed by atoms with van der Waals surface area (Å²) in [5.74, 6) is -0.924. The second kappa shape index (κ2) is 7.72. The second-order valence-electron chi connectivity index (χ2n) is 7.27. The first kappa shape index (κ1) is 18.6. The summed E-state index contributed by atoms with van der Waals surface area (Å²) in [7, 11) is 0. The van der Waals surface area contributed by atoms with E-state index in [9.17, 15) is 14.7 Å². The summed E-state index contributed by atoms with van der Waals surface area (Å²) in [4.78, 5) is 29.0. The van der Waals surface area contributed by atoms with Crippen molar-refractivity contribution in [2.45, 2.75) is 19.3 Å². The Balaban J connectivity index is 1.43. The van der Waals surface area contributed by atoms with Crippen molar-refractivity contribution in [1.82, 2.24) is 0 Å². The Morgan fingerprint density at radius 2 is 1.75 bits per heavy atom. The highest BCUT2D eigenvalue weighted by Crippen LogP contribution is 2.31. The van der Waals surface area contributed by atoms with E-state index in [1.807, 2.05) is 24.3 Å². The zero-order valence-corrected chi connectivity index (χ0v) is 16.2. The fourth-order valence-electron chi connectivity index (χ4n) is 3.79. The van der Waals surface area contributed by atoms with Crippen molar-refractivity contribution in [3.8, 4) is 5.75 Å². The van der Waals surface area contributed by atoms with Gasteiger partial charge in [-0.3, -0.25) is 9.59 Å². The van der Waals surface area contributed by atoms with Crippen molar-refractivity contribution in [1.29, 1.82) is 0 Å². The van der Waals surface area contributed by atoms with E-state index in [1.165, 1.54) is 30.7 Å². The molecule has 4 rings (SSSR count). The van der Waals surface area contributed by atoms with Gasteiger partial charge in [-0.15, -0.1) is 0 Å². The van der Waals surface area contributed by atoms with Crippen LogP contribution in [0.1, 0.15) is 19.3 Å². The molecule has 2 heterocycles. The molecule has 2 aromatic rings. The van der Waals surface area contributed by atoms with Gasteiger partial charge in [-0.2, -0.15) is 0 Å². The molecule has 0 radical (unpaired) electrons. The maximum atomic E-state index is 12.6. The molecule has 2 aliphatic rings. The molecule has 146 valence electrons. The molecule has 28 heavy (non-hydrogen) atoms. The first-order valence-electron chi connectivity index (χ1n) is 9.46. The van der Waals surface area contributed by atoms with Crippen LogP contribution in [0, 0.1) is 5.92 Å². The molecular weight excluding hydrogens is 378 g/mol. The van der Waals surface area contributed by atoms with Crippen LogP contribution in [-0.2, 0) is 9.59 Å². The van der Waals surface area contributed by atoms with E-state index in [0.29, 0.717) is 11.6 Å². The molecule has 7 heteroatoms. The number of anilines is 3. The van der Waals surface area contributed by atoms with Gasteiger partial charge >= 0.3 is 0 Å². The van der Waals surface area contributed by atoms with E-state index in [2.05, 4.69) is 10.2 Å². The Bertz CT molecular complexity index is 894. The van der Waals surface area contributed by atoms with Crippen molar-refractivity contribution >= 4 is 40.5 Å². The van der Waals surface area contributed by atoms with E-state index in [-0.39, 0.29) is 29.7 Å². The lowest BCUT2D eigenvalue weighted by Crippen LogP contribution is -2.28. The number of hydrogen-bond acceptors (Lipinski definition) is 4. The molecule has 0 aliphatic carbocycles. The highest BCUT2D eigenvalue weighted by atomic mass is 35.5. The summed E-state index contributed by atoms with van der Waals surface area (Å²) in [6, 6.07) is 12.4. The number of carbonyl (C=O) groups is 2. The van der Waals surface area contributed by atoms with E-state index >= 15 is 0 Å². The van der Waals surface area contributed by atoms with Gasteiger partial charge in [0.1, 0.15) is 5.75 Å². The molecule has 2 aliphatic heterocycles. The predicted molar refractivity (Wildman–Crippen MR) is 110 cm³/mol. The van der Waals surface area contributed by atoms with Gasteiger partial charge in [0.05, 0.1) is 11.6 Å². The first-order valence-corrected chi connectivity index (χ1v) is 9.84. The van der Waals surface area contributed by atoms with Crippen molar-refractivity contribution in [3.05, 3.63) is 47.5 Å². The van der Waals surface area contributed by atoms with E-state index in [1.54, 1.807) is 11.0 Å². The average Bonchev–Trinajstić information content (AvgIpc) is 3.35. The number of nitrogens with zero attached hydrogens (tertiary/aromatic N) is 2. The topological polar surface area (TPSA) is 72.9 Å². The fraction of sp³-hybridized carbons (Fsp3) is 0.333. The minimum Gasteiger partial charge on any atom is -0.506 e. The highest BCUT2D eigenvalue weighted by molar-refractivity contribution is 6.31. The summed E-state index contributed by atoms with van der Waals surface area (Å²) < 4.78 is 0. The Morgan fingerprint density at radius 3 is 2.46 bits per heavy atom. The monoisotopic (exact) mass is 399 g/mol. The lowest BCUT2D eigenvalue weighted by atomic mass is 10.1.